The normalized spacial score (nSPS) is 25.5. The molecule has 1 N–H and O–H groups in total. The number of anilines is 1. The molecule has 3 aliphatic rings. The van der Waals surface area contributed by atoms with Crippen molar-refractivity contribution in [2.75, 3.05) is 24.5 Å². The van der Waals surface area contributed by atoms with E-state index in [2.05, 4.69) is 25.8 Å². The first-order valence-corrected chi connectivity index (χ1v) is 9.73. The van der Waals surface area contributed by atoms with E-state index in [-0.39, 0.29) is 0 Å². The zero-order valence-electron chi connectivity index (χ0n) is 14.6. The Hall–Kier alpha value is -1.20. The van der Waals surface area contributed by atoms with Crippen LogP contribution in [0.3, 0.4) is 0 Å². The molecule has 0 radical (unpaired) electrons. The molecule has 1 aliphatic heterocycles. The van der Waals surface area contributed by atoms with E-state index < -0.39 is 5.60 Å². The third kappa shape index (κ3) is 3.72. The molecule has 5 nitrogen and oxygen atoms in total. The number of β-amino-alcohol motifs (C(OH)–C–C–N with tert-alkyl or cyclic N) is 1. The van der Waals surface area contributed by atoms with E-state index in [0.717, 1.165) is 38.3 Å². The van der Waals surface area contributed by atoms with Gasteiger partial charge in [-0.05, 0) is 44.6 Å². The highest BCUT2D eigenvalue weighted by Gasteiger charge is 2.38. The Morgan fingerprint density at radius 3 is 2.42 bits per heavy atom. The van der Waals surface area contributed by atoms with E-state index in [9.17, 15) is 5.11 Å². The minimum Gasteiger partial charge on any atom is -0.389 e. The molecule has 5 heteroatoms. The summed E-state index contributed by atoms with van der Waals surface area (Å²) < 4.78 is 0. The highest BCUT2D eigenvalue weighted by molar-refractivity contribution is 5.41. The molecule has 3 fully saturated rings. The second kappa shape index (κ2) is 6.96. The number of nitrogens with zero attached hydrogens (tertiary/aromatic N) is 4. The number of aliphatic hydroxyl groups is 1. The minimum atomic E-state index is -0.423. The molecule has 2 heterocycles. The summed E-state index contributed by atoms with van der Waals surface area (Å²) in [6.07, 6.45) is 14.1. The molecule has 0 aromatic carbocycles. The molecule has 1 aromatic rings. The maximum absolute atomic E-state index is 10.8. The fourth-order valence-corrected chi connectivity index (χ4v) is 4.60. The van der Waals surface area contributed by atoms with Gasteiger partial charge in [0.05, 0.1) is 5.60 Å². The van der Waals surface area contributed by atoms with Gasteiger partial charge in [0, 0.05) is 37.9 Å². The SMILES string of the molecule is OC1(CN2CCC(N(c3ccncn3)C3CC3)CC2)CCCCC1. The van der Waals surface area contributed by atoms with E-state index >= 15 is 0 Å². The van der Waals surface area contributed by atoms with Crippen LogP contribution in [-0.4, -0.2) is 57.3 Å². The van der Waals surface area contributed by atoms with Crippen molar-refractivity contribution >= 4 is 5.82 Å². The molecule has 2 saturated carbocycles. The van der Waals surface area contributed by atoms with Crippen LogP contribution in [0.15, 0.2) is 18.6 Å². The van der Waals surface area contributed by atoms with E-state index in [1.165, 1.54) is 44.9 Å². The van der Waals surface area contributed by atoms with Crippen LogP contribution >= 0.6 is 0 Å². The van der Waals surface area contributed by atoms with Crippen LogP contribution in [0.5, 0.6) is 0 Å². The largest absolute Gasteiger partial charge is 0.389 e. The van der Waals surface area contributed by atoms with E-state index in [0.29, 0.717) is 12.1 Å². The summed E-state index contributed by atoms with van der Waals surface area (Å²) in [6, 6.07) is 3.32. The zero-order valence-corrected chi connectivity index (χ0v) is 14.6. The maximum atomic E-state index is 10.8. The van der Waals surface area contributed by atoms with Gasteiger partial charge in [-0.25, -0.2) is 9.97 Å². The van der Waals surface area contributed by atoms with E-state index in [1.54, 1.807) is 6.33 Å². The van der Waals surface area contributed by atoms with Crippen molar-refractivity contribution in [2.45, 2.75) is 75.5 Å². The van der Waals surface area contributed by atoms with Gasteiger partial charge in [0.15, 0.2) is 0 Å². The van der Waals surface area contributed by atoms with Gasteiger partial charge >= 0.3 is 0 Å². The lowest BCUT2D eigenvalue weighted by molar-refractivity contribution is -0.0307. The molecular weight excluding hydrogens is 300 g/mol. The maximum Gasteiger partial charge on any atom is 0.132 e. The van der Waals surface area contributed by atoms with Gasteiger partial charge in [-0.1, -0.05) is 19.3 Å². The molecule has 1 saturated heterocycles. The van der Waals surface area contributed by atoms with E-state index in [1.807, 2.05) is 6.20 Å². The average Bonchev–Trinajstić information content (AvgIpc) is 3.43. The monoisotopic (exact) mass is 330 g/mol. The van der Waals surface area contributed by atoms with Crippen molar-refractivity contribution in [3.8, 4) is 0 Å². The molecule has 2 aliphatic carbocycles. The summed E-state index contributed by atoms with van der Waals surface area (Å²) in [7, 11) is 0. The third-order valence-electron chi connectivity index (χ3n) is 6.02. The highest BCUT2D eigenvalue weighted by Crippen LogP contribution is 2.36. The Bertz CT molecular complexity index is 519. The van der Waals surface area contributed by atoms with Gasteiger partial charge in [-0.2, -0.15) is 0 Å². The summed E-state index contributed by atoms with van der Waals surface area (Å²) in [5, 5.41) is 10.8. The van der Waals surface area contributed by atoms with Crippen LogP contribution in [-0.2, 0) is 0 Å². The molecule has 0 atom stereocenters. The Labute approximate surface area is 145 Å². The smallest absolute Gasteiger partial charge is 0.132 e. The van der Waals surface area contributed by atoms with Crippen molar-refractivity contribution in [1.82, 2.24) is 14.9 Å². The molecule has 132 valence electrons. The third-order valence-corrected chi connectivity index (χ3v) is 6.02. The Morgan fingerprint density at radius 2 is 1.79 bits per heavy atom. The number of rotatable bonds is 5. The van der Waals surface area contributed by atoms with Gasteiger partial charge in [0.1, 0.15) is 12.1 Å². The molecule has 1 aromatic heterocycles. The molecule has 4 rings (SSSR count). The summed E-state index contributed by atoms with van der Waals surface area (Å²) in [4.78, 5) is 13.6. The number of hydrogen-bond acceptors (Lipinski definition) is 5. The lowest BCUT2D eigenvalue weighted by atomic mass is 9.84. The van der Waals surface area contributed by atoms with Crippen molar-refractivity contribution in [2.24, 2.45) is 0 Å². The first-order valence-electron chi connectivity index (χ1n) is 9.73. The van der Waals surface area contributed by atoms with Gasteiger partial charge < -0.3 is 14.9 Å². The van der Waals surface area contributed by atoms with Crippen LogP contribution < -0.4 is 4.90 Å². The predicted molar refractivity (Wildman–Crippen MR) is 95.0 cm³/mol. The summed E-state index contributed by atoms with van der Waals surface area (Å²) >= 11 is 0. The van der Waals surface area contributed by atoms with Gasteiger partial charge in [0.2, 0.25) is 0 Å². The number of aromatic nitrogens is 2. The lowest BCUT2D eigenvalue weighted by Crippen LogP contribution is -2.51. The molecule has 0 amide bonds. The standard InChI is InChI=1S/C19H30N4O/c24-19(9-2-1-3-10-19)14-22-12-7-17(8-13-22)23(16-4-5-16)18-6-11-20-15-21-18/h6,11,15-17,24H,1-5,7-10,12-14H2. The Balaban J connectivity index is 1.35. The van der Waals surface area contributed by atoms with Crippen molar-refractivity contribution < 1.29 is 5.11 Å². The predicted octanol–water partition coefficient (Wildman–Crippen LogP) is 2.61. The second-order valence-corrected chi connectivity index (χ2v) is 8.00. The second-order valence-electron chi connectivity index (χ2n) is 8.00. The molecule has 0 bridgehead atoms. The molecule has 24 heavy (non-hydrogen) atoms. The Kier molecular flexibility index (Phi) is 4.72. The van der Waals surface area contributed by atoms with E-state index in [4.69, 9.17) is 0 Å². The minimum absolute atomic E-state index is 0.423. The summed E-state index contributed by atoms with van der Waals surface area (Å²) in [5.74, 6) is 1.09. The van der Waals surface area contributed by atoms with Crippen molar-refractivity contribution in [3.63, 3.8) is 0 Å². The van der Waals surface area contributed by atoms with Crippen LogP contribution in [0, 0.1) is 0 Å². The topological polar surface area (TPSA) is 52.5 Å². The van der Waals surface area contributed by atoms with Crippen LogP contribution in [0.2, 0.25) is 0 Å². The average molecular weight is 330 g/mol. The molecule has 0 spiro atoms. The van der Waals surface area contributed by atoms with Gasteiger partial charge in [-0.15, -0.1) is 0 Å². The number of piperidine rings is 1. The molecule has 0 unspecified atom stereocenters. The first kappa shape index (κ1) is 16.3. The van der Waals surface area contributed by atoms with Gasteiger partial charge in [0.25, 0.3) is 0 Å². The van der Waals surface area contributed by atoms with Crippen LogP contribution in [0.25, 0.3) is 0 Å². The number of likely N-dealkylation sites (tertiary alicyclic amines) is 1. The quantitative estimate of drug-likeness (QED) is 0.899. The van der Waals surface area contributed by atoms with Crippen molar-refractivity contribution in [1.29, 1.82) is 0 Å². The Morgan fingerprint density at radius 1 is 1.08 bits per heavy atom. The van der Waals surface area contributed by atoms with Crippen LogP contribution in [0.4, 0.5) is 5.82 Å². The molecular formula is C19H30N4O. The van der Waals surface area contributed by atoms with Crippen LogP contribution in [0.1, 0.15) is 57.8 Å². The highest BCUT2D eigenvalue weighted by atomic mass is 16.3. The fraction of sp³-hybridized carbons (Fsp3) is 0.789. The fourth-order valence-electron chi connectivity index (χ4n) is 4.60. The zero-order chi connectivity index (χ0) is 16.4. The lowest BCUT2D eigenvalue weighted by Gasteiger charge is -2.43. The van der Waals surface area contributed by atoms with Crippen molar-refractivity contribution in [3.05, 3.63) is 18.6 Å². The number of hydrogen-bond donors (Lipinski definition) is 1. The van der Waals surface area contributed by atoms with Gasteiger partial charge in [-0.3, -0.25) is 0 Å². The summed E-state index contributed by atoms with van der Waals surface area (Å²) in [6.45, 7) is 3.07. The first-order chi connectivity index (χ1) is 11.7. The summed E-state index contributed by atoms with van der Waals surface area (Å²) in [5.41, 5.74) is -0.423.